The van der Waals surface area contributed by atoms with Crippen molar-refractivity contribution in [2.24, 2.45) is 5.92 Å². The van der Waals surface area contributed by atoms with Crippen molar-refractivity contribution in [2.75, 3.05) is 13.1 Å². The van der Waals surface area contributed by atoms with E-state index in [-0.39, 0.29) is 0 Å². The molecule has 2 aliphatic rings. The van der Waals surface area contributed by atoms with E-state index in [9.17, 15) is 4.79 Å². The van der Waals surface area contributed by atoms with Crippen molar-refractivity contribution in [1.82, 2.24) is 4.90 Å². The molecule has 1 aliphatic carbocycles. The van der Waals surface area contributed by atoms with Gasteiger partial charge < -0.3 is 0 Å². The van der Waals surface area contributed by atoms with Gasteiger partial charge in [-0.1, -0.05) is 6.92 Å². The molecule has 2 fully saturated rings. The zero-order valence-corrected chi connectivity index (χ0v) is 6.34. The molecule has 56 valence electrons. The largest absolute Gasteiger partial charge is 0.298 e. The molecule has 1 saturated carbocycles. The predicted molar refractivity (Wildman–Crippen MR) is 38.8 cm³/mol. The van der Waals surface area contributed by atoms with Gasteiger partial charge in [0.25, 0.3) is 0 Å². The van der Waals surface area contributed by atoms with Crippen molar-refractivity contribution in [3.63, 3.8) is 0 Å². The van der Waals surface area contributed by atoms with E-state index in [1.165, 1.54) is 12.8 Å². The van der Waals surface area contributed by atoms with Gasteiger partial charge in [-0.15, -0.1) is 0 Å². The van der Waals surface area contributed by atoms with Crippen LogP contribution in [0.15, 0.2) is 0 Å². The van der Waals surface area contributed by atoms with Gasteiger partial charge in [0, 0.05) is 18.5 Å². The maximum Gasteiger partial charge on any atom is 0.150 e. The number of carbonyl (C=O) groups is 1. The van der Waals surface area contributed by atoms with Gasteiger partial charge in [0.05, 0.1) is 6.54 Å². The van der Waals surface area contributed by atoms with E-state index in [2.05, 4.69) is 4.90 Å². The smallest absolute Gasteiger partial charge is 0.150 e. The lowest BCUT2D eigenvalue weighted by Gasteiger charge is -2.11. The Bertz CT molecular complexity index is 163. The van der Waals surface area contributed by atoms with E-state index in [1.54, 1.807) is 0 Å². The van der Waals surface area contributed by atoms with Crippen LogP contribution in [0.25, 0.3) is 0 Å². The summed E-state index contributed by atoms with van der Waals surface area (Å²) in [5, 5.41) is 0. The van der Waals surface area contributed by atoms with Crippen molar-refractivity contribution in [1.29, 1.82) is 0 Å². The fourth-order valence-corrected chi connectivity index (χ4v) is 1.59. The molecule has 10 heavy (non-hydrogen) atoms. The lowest BCUT2D eigenvalue weighted by molar-refractivity contribution is -0.119. The summed E-state index contributed by atoms with van der Waals surface area (Å²) in [6, 6.07) is 0.772. The molecule has 1 aliphatic heterocycles. The van der Waals surface area contributed by atoms with Gasteiger partial charge >= 0.3 is 0 Å². The van der Waals surface area contributed by atoms with E-state index in [0.29, 0.717) is 11.7 Å². The summed E-state index contributed by atoms with van der Waals surface area (Å²) >= 11 is 0. The van der Waals surface area contributed by atoms with Gasteiger partial charge in [-0.3, -0.25) is 9.69 Å². The molecule has 0 radical (unpaired) electrons. The standard InChI is InChI=1S/C8H13NO/c1-6-4-9(5-8(6)10)7-2-3-7/h6-7H,2-5H2,1H3/t6-/m1/s1. The number of hydrogen-bond acceptors (Lipinski definition) is 2. The number of rotatable bonds is 1. The van der Waals surface area contributed by atoms with Crippen molar-refractivity contribution >= 4 is 5.78 Å². The van der Waals surface area contributed by atoms with Crippen LogP contribution in [0.1, 0.15) is 19.8 Å². The fraction of sp³-hybridized carbons (Fsp3) is 0.875. The molecule has 2 nitrogen and oxygen atoms in total. The van der Waals surface area contributed by atoms with Crippen LogP contribution in [-0.4, -0.2) is 29.8 Å². The SMILES string of the molecule is C[C@@H]1CN(C2CC2)CC1=O. The van der Waals surface area contributed by atoms with Crippen LogP contribution in [0.5, 0.6) is 0 Å². The van der Waals surface area contributed by atoms with Gasteiger partial charge in [-0.25, -0.2) is 0 Å². The first-order valence-corrected chi connectivity index (χ1v) is 4.04. The molecular formula is C8H13NO. The average molecular weight is 139 g/mol. The molecule has 0 aromatic heterocycles. The highest BCUT2D eigenvalue weighted by atomic mass is 16.1. The van der Waals surface area contributed by atoms with Crippen LogP contribution < -0.4 is 0 Å². The monoisotopic (exact) mass is 139 g/mol. The third-order valence-corrected chi connectivity index (χ3v) is 2.48. The van der Waals surface area contributed by atoms with Crippen LogP contribution in [-0.2, 0) is 4.79 Å². The molecule has 2 heteroatoms. The molecule has 2 rings (SSSR count). The van der Waals surface area contributed by atoms with Gasteiger partial charge in [0.2, 0.25) is 0 Å². The first-order chi connectivity index (χ1) is 4.77. The Morgan fingerprint density at radius 1 is 1.50 bits per heavy atom. The van der Waals surface area contributed by atoms with Gasteiger partial charge in [-0.05, 0) is 12.8 Å². The molecule has 0 spiro atoms. The Kier molecular flexibility index (Phi) is 1.31. The van der Waals surface area contributed by atoms with Crippen LogP contribution >= 0.6 is 0 Å². The minimum absolute atomic E-state index is 0.306. The lowest BCUT2D eigenvalue weighted by Crippen LogP contribution is -2.22. The van der Waals surface area contributed by atoms with Crippen LogP contribution in [0.2, 0.25) is 0 Å². The first-order valence-electron chi connectivity index (χ1n) is 4.04. The Labute approximate surface area is 61.2 Å². The summed E-state index contributed by atoms with van der Waals surface area (Å²) in [5.74, 6) is 0.743. The second kappa shape index (κ2) is 2.06. The third kappa shape index (κ3) is 0.966. The molecule has 1 atom stereocenters. The van der Waals surface area contributed by atoms with Crippen LogP contribution in [0, 0.1) is 5.92 Å². The number of ketones is 1. The number of hydrogen-bond donors (Lipinski definition) is 0. The predicted octanol–water partition coefficient (Wildman–Crippen LogP) is 0.670. The summed E-state index contributed by atoms with van der Waals surface area (Å²) in [5.41, 5.74) is 0. The molecule has 1 heterocycles. The highest BCUT2D eigenvalue weighted by Crippen LogP contribution is 2.30. The van der Waals surface area contributed by atoms with E-state index in [4.69, 9.17) is 0 Å². The minimum atomic E-state index is 0.306. The van der Waals surface area contributed by atoms with Crippen LogP contribution in [0.3, 0.4) is 0 Å². The number of carbonyl (C=O) groups excluding carboxylic acids is 1. The van der Waals surface area contributed by atoms with Gasteiger partial charge in [0.15, 0.2) is 5.78 Å². The molecule has 0 aromatic rings. The van der Waals surface area contributed by atoms with E-state index in [0.717, 1.165) is 19.1 Å². The molecule has 0 amide bonds. The highest BCUT2D eigenvalue weighted by molar-refractivity contribution is 5.84. The number of nitrogens with zero attached hydrogens (tertiary/aromatic N) is 1. The topological polar surface area (TPSA) is 20.3 Å². The zero-order chi connectivity index (χ0) is 7.14. The fourth-order valence-electron chi connectivity index (χ4n) is 1.59. The molecule has 0 N–H and O–H groups in total. The summed E-state index contributed by atoms with van der Waals surface area (Å²) in [7, 11) is 0. The highest BCUT2D eigenvalue weighted by Gasteiger charge is 2.36. The van der Waals surface area contributed by atoms with E-state index < -0.39 is 0 Å². The summed E-state index contributed by atoms with van der Waals surface area (Å²) < 4.78 is 0. The summed E-state index contributed by atoms with van der Waals surface area (Å²) in [6.07, 6.45) is 2.64. The van der Waals surface area contributed by atoms with Crippen molar-refractivity contribution < 1.29 is 4.79 Å². The molecule has 0 aromatic carbocycles. The quantitative estimate of drug-likeness (QED) is 0.532. The zero-order valence-electron chi connectivity index (χ0n) is 6.34. The summed E-state index contributed by atoms with van der Waals surface area (Å²) in [4.78, 5) is 13.4. The van der Waals surface area contributed by atoms with E-state index in [1.807, 2.05) is 6.92 Å². The van der Waals surface area contributed by atoms with Crippen LogP contribution in [0.4, 0.5) is 0 Å². The minimum Gasteiger partial charge on any atom is -0.298 e. The Hall–Kier alpha value is -0.370. The number of likely N-dealkylation sites (tertiary alicyclic amines) is 1. The Morgan fingerprint density at radius 2 is 2.20 bits per heavy atom. The second-order valence-electron chi connectivity index (χ2n) is 3.53. The van der Waals surface area contributed by atoms with E-state index >= 15 is 0 Å². The Balaban J connectivity index is 1.97. The second-order valence-corrected chi connectivity index (χ2v) is 3.53. The first kappa shape index (κ1) is 6.35. The maximum absolute atomic E-state index is 11.1. The lowest BCUT2D eigenvalue weighted by atomic mass is 10.1. The van der Waals surface area contributed by atoms with Gasteiger partial charge in [-0.2, -0.15) is 0 Å². The van der Waals surface area contributed by atoms with Crippen molar-refractivity contribution in [2.45, 2.75) is 25.8 Å². The Morgan fingerprint density at radius 3 is 2.60 bits per heavy atom. The van der Waals surface area contributed by atoms with Crippen molar-refractivity contribution in [3.8, 4) is 0 Å². The molecule has 1 saturated heterocycles. The summed E-state index contributed by atoms with van der Waals surface area (Å²) in [6.45, 7) is 3.78. The molecular weight excluding hydrogens is 126 g/mol. The average Bonchev–Trinajstić information content (AvgIpc) is 2.64. The molecule has 0 bridgehead atoms. The normalized spacial score (nSPS) is 35.3. The molecule has 0 unspecified atom stereocenters. The van der Waals surface area contributed by atoms with Crippen molar-refractivity contribution in [3.05, 3.63) is 0 Å². The maximum atomic E-state index is 11.1. The third-order valence-electron chi connectivity index (χ3n) is 2.48. The van der Waals surface area contributed by atoms with Gasteiger partial charge in [0.1, 0.15) is 0 Å². The number of Topliss-reactive ketones (excluding diaryl/α,β-unsaturated/α-hetero) is 1.